The first-order chi connectivity index (χ1) is 10.0. The van der Waals surface area contributed by atoms with Gasteiger partial charge < -0.3 is 14.9 Å². The second-order valence-electron chi connectivity index (χ2n) is 6.97. The Kier molecular flexibility index (Phi) is 4.30. The summed E-state index contributed by atoms with van der Waals surface area (Å²) in [6.07, 6.45) is 2.40. The van der Waals surface area contributed by atoms with Gasteiger partial charge in [-0.3, -0.25) is 0 Å². The zero-order valence-corrected chi connectivity index (χ0v) is 14.6. The zero-order valence-electron chi connectivity index (χ0n) is 13.0. The molecule has 2 heterocycles. The van der Waals surface area contributed by atoms with Crippen LogP contribution >= 0.6 is 15.9 Å². The van der Waals surface area contributed by atoms with Crippen molar-refractivity contribution in [3.8, 4) is 0 Å². The van der Waals surface area contributed by atoms with E-state index in [0.29, 0.717) is 6.04 Å². The van der Waals surface area contributed by atoms with Crippen LogP contribution in [0.2, 0.25) is 0 Å². The monoisotopic (exact) mass is 352 g/mol. The van der Waals surface area contributed by atoms with Crippen LogP contribution in [0.4, 0.5) is 5.69 Å². The molecule has 21 heavy (non-hydrogen) atoms. The zero-order chi connectivity index (χ0) is 15.0. The molecule has 0 unspecified atom stereocenters. The quantitative estimate of drug-likeness (QED) is 0.905. The highest BCUT2D eigenvalue weighted by Gasteiger charge is 2.38. The van der Waals surface area contributed by atoms with Crippen LogP contribution in [0.25, 0.3) is 0 Å². The van der Waals surface area contributed by atoms with E-state index in [1.54, 1.807) is 0 Å². The van der Waals surface area contributed by atoms with Crippen LogP contribution in [0.1, 0.15) is 32.3 Å². The van der Waals surface area contributed by atoms with Crippen molar-refractivity contribution in [2.75, 3.05) is 37.7 Å². The summed E-state index contributed by atoms with van der Waals surface area (Å²) < 4.78 is 1.17. The molecule has 0 amide bonds. The fourth-order valence-corrected chi connectivity index (χ4v) is 4.18. The Morgan fingerprint density at radius 2 is 2.00 bits per heavy atom. The number of hydrogen-bond donors (Lipinski definition) is 1. The average Bonchev–Trinajstić information content (AvgIpc) is 2.72. The molecule has 4 heteroatoms. The molecule has 1 saturated heterocycles. The third-order valence-corrected chi connectivity index (χ3v) is 5.47. The standard InChI is InChI=1S/C17H25BrN2O/c1-17(2)12-20(16-4-3-13(18)11-15(16)17)14-5-7-19(8-6-14)9-10-21/h3-4,11,14,21H,5-10,12H2,1-2H3. The van der Waals surface area contributed by atoms with Crippen molar-refractivity contribution < 1.29 is 5.11 Å². The molecule has 3 nitrogen and oxygen atoms in total. The number of aliphatic hydroxyl groups excluding tert-OH is 1. The van der Waals surface area contributed by atoms with Crippen molar-refractivity contribution in [3.05, 3.63) is 28.2 Å². The lowest BCUT2D eigenvalue weighted by Crippen LogP contribution is -2.46. The van der Waals surface area contributed by atoms with Crippen LogP contribution in [0.3, 0.4) is 0 Å². The highest BCUT2D eigenvalue weighted by molar-refractivity contribution is 9.10. The maximum atomic E-state index is 9.06. The van der Waals surface area contributed by atoms with E-state index >= 15 is 0 Å². The summed E-state index contributed by atoms with van der Waals surface area (Å²) in [5.74, 6) is 0. The molecular weight excluding hydrogens is 328 g/mol. The summed E-state index contributed by atoms with van der Waals surface area (Å²) in [6, 6.07) is 7.36. The minimum absolute atomic E-state index is 0.224. The number of hydrogen-bond acceptors (Lipinski definition) is 3. The van der Waals surface area contributed by atoms with Gasteiger partial charge in [-0.2, -0.15) is 0 Å². The van der Waals surface area contributed by atoms with E-state index in [0.717, 1.165) is 26.2 Å². The van der Waals surface area contributed by atoms with Crippen molar-refractivity contribution in [2.24, 2.45) is 0 Å². The predicted octanol–water partition coefficient (Wildman–Crippen LogP) is 3.00. The first-order valence-electron chi connectivity index (χ1n) is 7.91. The van der Waals surface area contributed by atoms with Crippen molar-refractivity contribution in [2.45, 2.75) is 38.1 Å². The van der Waals surface area contributed by atoms with Gasteiger partial charge in [-0.1, -0.05) is 29.8 Å². The van der Waals surface area contributed by atoms with Crippen molar-refractivity contribution in [3.63, 3.8) is 0 Å². The Labute approximate surface area is 136 Å². The lowest BCUT2D eigenvalue weighted by Gasteiger charge is -2.38. The fourth-order valence-electron chi connectivity index (χ4n) is 3.82. The van der Waals surface area contributed by atoms with Gasteiger partial charge in [0.15, 0.2) is 0 Å². The van der Waals surface area contributed by atoms with Crippen molar-refractivity contribution >= 4 is 21.6 Å². The van der Waals surface area contributed by atoms with E-state index in [-0.39, 0.29) is 12.0 Å². The average molecular weight is 353 g/mol. The van der Waals surface area contributed by atoms with Gasteiger partial charge in [-0.15, -0.1) is 0 Å². The van der Waals surface area contributed by atoms with E-state index in [1.807, 2.05) is 0 Å². The number of benzene rings is 1. The van der Waals surface area contributed by atoms with Gasteiger partial charge in [-0.25, -0.2) is 0 Å². The third kappa shape index (κ3) is 2.99. The normalized spacial score (nSPS) is 22.6. The molecule has 0 aliphatic carbocycles. The predicted molar refractivity (Wildman–Crippen MR) is 91.1 cm³/mol. The van der Waals surface area contributed by atoms with Crippen molar-refractivity contribution in [1.82, 2.24) is 4.90 Å². The number of likely N-dealkylation sites (tertiary alicyclic amines) is 1. The number of fused-ring (bicyclic) bond motifs is 1. The van der Waals surface area contributed by atoms with Crippen LogP contribution in [0.15, 0.2) is 22.7 Å². The number of β-amino-alcohol motifs (C(OH)–C–C–N with tert-alkyl or cyclic N) is 1. The molecule has 0 spiro atoms. The number of piperidine rings is 1. The van der Waals surface area contributed by atoms with Crippen LogP contribution in [-0.4, -0.2) is 48.8 Å². The molecule has 0 saturated carbocycles. The lowest BCUT2D eigenvalue weighted by atomic mass is 9.87. The molecule has 116 valence electrons. The van der Waals surface area contributed by atoms with Crippen LogP contribution in [0, 0.1) is 0 Å². The smallest absolute Gasteiger partial charge is 0.0558 e. The van der Waals surface area contributed by atoms with Gasteiger partial charge >= 0.3 is 0 Å². The minimum atomic E-state index is 0.224. The summed E-state index contributed by atoms with van der Waals surface area (Å²) in [5, 5.41) is 9.06. The molecule has 1 N–H and O–H groups in total. The Morgan fingerprint density at radius 3 is 2.67 bits per heavy atom. The highest BCUT2D eigenvalue weighted by atomic mass is 79.9. The lowest BCUT2D eigenvalue weighted by molar-refractivity contribution is 0.162. The molecule has 2 aliphatic rings. The number of anilines is 1. The first kappa shape index (κ1) is 15.3. The molecule has 0 radical (unpaired) electrons. The second-order valence-corrected chi connectivity index (χ2v) is 7.89. The molecule has 0 bridgehead atoms. The number of halogens is 1. The minimum Gasteiger partial charge on any atom is -0.395 e. The van der Waals surface area contributed by atoms with Crippen molar-refractivity contribution in [1.29, 1.82) is 0 Å². The van der Waals surface area contributed by atoms with Gasteiger partial charge in [-0.05, 0) is 36.6 Å². The first-order valence-corrected chi connectivity index (χ1v) is 8.70. The Balaban J connectivity index is 1.77. The topological polar surface area (TPSA) is 26.7 Å². The van der Waals surface area contributed by atoms with Gasteiger partial charge in [0.25, 0.3) is 0 Å². The maximum absolute atomic E-state index is 9.06. The van der Waals surface area contributed by atoms with E-state index in [4.69, 9.17) is 5.11 Å². The fraction of sp³-hybridized carbons (Fsp3) is 0.647. The largest absolute Gasteiger partial charge is 0.395 e. The van der Waals surface area contributed by atoms with Crippen LogP contribution in [0.5, 0.6) is 0 Å². The van der Waals surface area contributed by atoms with Crippen LogP contribution < -0.4 is 4.90 Å². The molecule has 0 aromatic heterocycles. The number of nitrogens with zero attached hydrogens (tertiary/aromatic N) is 2. The summed E-state index contributed by atoms with van der Waals surface area (Å²) >= 11 is 3.61. The molecule has 1 aromatic carbocycles. The van der Waals surface area contributed by atoms with Gasteiger partial charge in [0.05, 0.1) is 6.61 Å². The SMILES string of the molecule is CC1(C)CN(C2CCN(CCO)CC2)c2ccc(Br)cc21. The van der Waals surface area contributed by atoms with Gasteiger partial charge in [0.2, 0.25) is 0 Å². The Morgan fingerprint density at radius 1 is 1.29 bits per heavy atom. The molecule has 0 atom stereocenters. The van der Waals surface area contributed by atoms with Crippen LogP contribution in [-0.2, 0) is 5.41 Å². The summed E-state index contributed by atoms with van der Waals surface area (Å²) in [4.78, 5) is 5.00. The third-order valence-electron chi connectivity index (χ3n) is 4.98. The second kappa shape index (κ2) is 5.90. The molecular formula is C17H25BrN2O. The highest BCUT2D eigenvalue weighted by Crippen LogP contribution is 2.43. The number of rotatable bonds is 3. The Hall–Kier alpha value is -0.580. The van der Waals surface area contributed by atoms with E-state index in [2.05, 4.69) is 57.8 Å². The molecule has 1 aromatic rings. The van der Waals surface area contributed by atoms with E-state index in [9.17, 15) is 0 Å². The maximum Gasteiger partial charge on any atom is 0.0558 e. The van der Waals surface area contributed by atoms with Gasteiger partial charge in [0, 0.05) is 47.8 Å². The van der Waals surface area contributed by atoms with E-state index in [1.165, 1.54) is 28.6 Å². The Bertz CT molecular complexity index is 510. The summed E-state index contributed by atoms with van der Waals surface area (Å²) in [7, 11) is 0. The molecule has 1 fully saturated rings. The molecule has 2 aliphatic heterocycles. The molecule has 3 rings (SSSR count). The summed E-state index contributed by atoms with van der Waals surface area (Å²) in [5.41, 5.74) is 3.11. The van der Waals surface area contributed by atoms with E-state index < -0.39 is 0 Å². The van der Waals surface area contributed by atoms with Gasteiger partial charge in [0.1, 0.15) is 0 Å². The summed E-state index contributed by atoms with van der Waals surface area (Å²) in [6.45, 7) is 9.11. The number of aliphatic hydroxyl groups is 1.